The van der Waals surface area contributed by atoms with Crippen molar-refractivity contribution >= 4 is 56.7 Å². The van der Waals surface area contributed by atoms with Crippen LogP contribution in [-0.4, -0.2) is 35.0 Å². The van der Waals surface area contributed by atoms with Gasteiger partial charge in [0, 0.05) is 30.3 Å². The molecule has 1 aromatic heterocycles. The summed E-state index contributed by atoms with van der Waals surface area (Å²) in [6.07, 6.45) is 0.205. The summed E-state index contributed by atoms with van der Waals surface area (Å²) in [4.78, 5) is 40.3. The smallest absolute Gasteiger partial charge is 0.302 e. The van der Waals surface area contributed by atoms with Gasteiger partial charge in [0.15, 0.2) is 10.1 Å². The number of nitrogens with zero attached hydrogens (tertiary/aromatic N) is 1. The Kier molecular flexibility index (Phi) is 5.64. The lowest BCUT2D eigenvalue weighted by Gasteiger charge is -2.11. The van der Waals surface area contributed by atoms with Crippen LogP contribution >= 0.6 is 23.1 Å². The van der Waals surface area contributed by atoms with Crippen LogP contribution in [0.4, 0.5) is 5.69 Å². The van der Waals surface area contributed by atoms with E-state index >= 15 is 0 Å². The quantitative estimate of drug-likeness (QED) is 0.360. The Morgan fingerprint density at radius 2 is 2.10 bits per heavy atom. The number of esters is 1. The van der Waals surface area contributed by atoms with Crippen molar-refractivity contribution in [2.45, 2.75) is 23.6 Å². The third-order valence-corrected chi connectivity index (χ3v) is 6.72. The van der Waals surface area contributed by atoms with Gasteiger partial charge in [0.2, 0.25) is 5.91 Å². The molecule has 0 fully saturated rings. The number of thioether (sulfide) groups is 1. The van der Waals surface area contributed by atoms with Gasteiger partial charge in [-0.2, -0.15) is 0 Å². The van der Waals surface area contributed by atoms with Crippen molar-refractivity contribution in [3.63, 3.8) is 0 Å². The molecule has 148 valence electrons. The van der Waals surface area contributed by atoms with E-state index in [1.807, 2.05) is 36.4 Å². The zero-order valence-corrected chi connectivity index (χ0v) is 17.3. The number of hydrogen-bond acceptors (Lipinski definition) is 7. The third kappa shape index (κ3) is 4.33. The molecule has 0 radical (unpaired) electrons. The van der Waals surface area contributed by atoms with Gasteiger partial charge < -0.3 is 10.1 Å². The summed E-state index contributed by atoms with van der Waals surface area (Å²) in [7, 11) is 0. The number of fused-ring (bicyclic) bond motifs is 2. The highest BCUT2D eigenvalue weighted by Gasteiger charge is 2.33. The van der Waals surface area contributed by atoms with Crippen molar-refractivity contribution in [2.75, 3.05) is 17.7 Å². The number of hydrogen-bond donors (Lipinski definition) is 1. The van der Waals surface area contributed by atoms with E-state index < -0.39 is 5.92 Å². The fraction of sp³-hybridized carbons (Fsp3) is 0.238. The molecule has 1 heterocycles. The molecule has 8 heteroatoms. The fourth-order valence-electron chi connectivity index (χ4n) is 3.28. The number of carbonyl (C=O) groups excluding carboxylic acids is 3. The van der Waals surface area contributed by atoms with Crippen LogP contribution in [0.5, 0.6) is 0 Å². The third-order valence-electron chi connectivity index (χ3n) is 4.59. The number of amides is 1. The first-order chi connectivity index (χ1) is 14.0. The Labute approximate surface area is 175 Å². The normalized spacial score (nSPS) is 15.3. The summed E-state index contributed by atoms with van der Waals surface area (Å²) in [5, 5.41) is 2.93. The molecule has 4 rings (SSSR count). The Morgan fingerprint density at radius 3 is 2.93 bits per heavy atom. The number of ether oxygens (including phenoxy) is 1. The molecule has 0 bridgehead atoms. The van der Waals surface area contributed by atoms with Gasteiger partial charge in [-0.05, 0) is 23.8 Å². The summed E-state index contributed by atoms with van der Waals surface area (Å²) in [6, 6.07) is 12.9. The number of Topliss-reactive ketones (excluding diaryl/α,β-unsaturated/α-hetero) is 1. The lowest BCUT2D eigenvalue weighted by molar-refractivity contribution is -0.140. The highest BCUT2D eigenvalue weighted by molar-refractivity contribution is 8.01. The summed E-state index contributed by atoms with van der Waals surface area (Å²) < 4.78 is 6.77. The molecule has 0 aliphatic heterocycles. The average Bonchev–Trinajstić information content (AvgIpc) is 3.26. The molecule has 2 aromatic carbocycles. The van der Waals surface area contributed by atoms with E-state index in [0.717, 1.165) is 20.1 Å². The van der Waals surface area contributed by atoms with Gasteiger partial charge in [-0.25, -0.2) is 4.98 Å². The first-order valence-electron chi connectivity index (χ1n) is 9.11. The second-order valence-corrected chi connectivity index (χ2v) is 8.98. The van der Waals surface area contributed by atoms with Crippen molar-refractivity contribution in [2.24, 2.45) is 0 Å². The van der Waals surface area contributed by atoms with E-state index in [1.165, 1.54) is 30.0 Å². The molecule has 29 heavy (non-hydrogen) atoms. The van der Waals surface area contributed by atoms with Gasteiger partial charge in [0.05, 0.1) is 16.1 Å². The number of carbonyl (C=O) groups is 3. The van der Waals surface area contributed by atoms with E-state index in [2.05, 4.69) is 10.3 Å². The zero-order chi connectivity index (χ0) is 20.4. The number of nitrogens with one attached hydrogen (secondary N) is 1. The standard InChI is InChI=1S/C21H18N2O4S2/c1-12(24)27-8-9-28-21-23-17-7-6-13(10-19(17)29-21)22-20(26)16-11-18(25)15-5-3-2-4-14(15)16/h2-7,10,16H,8-9,11H2,1H3,(H,22,26). The molecule has 1 unspecified atom stereocenters. The topological polar surface area (TPSA) is 85.4 Å². The van der Waals surface area contributed by atoms with Gasteiger partial charge in [-0.15, -0.1) is 11.3 Å². The van der Waals surface area contributed by atoms with Gasteiger partial charge in [-0.3, -0.25) is 14.4 Å². The first kappa shape index (κ1) is 19.6. The number of thiazole rings is 1. The van der Waals surface area contributed by atoms with Gasteiger partial charge in [0.1, 0.15) is 6.61 Å². The molecular formula is C21H18N2O4S2. The van der Waals surface area contributed by atoms with E-state index in [1.54, 1.807) is 6.07 Å². The molecule has 0 spiro atoms. The van der Waals surface area contributed by atoms with Crippen LogP contribution in [0.2, 0.25) is 0 Å². The number of anilines is 1. The Morgan fingerprint density at radius 1 is 1.28 bits per heavy atom. The maximum Gasteiger partial charge on any atom is 0.302 e. The van der Waals surface area contributed by atoms with Crippen LogP contribution in [0, 0.1) is 0 Å². The fourth-order valence-corrected chi connectivity index (χ4v) is 5.28. The molecule has 1 aliphatic rings. The van der Waals surface area contributed by atoms with Crippen LogP contribution in [0.1, 0.15) is 35.2 Å². The second-order valence-electron chi connectivity index (χ2n) is 6.61. The van der Waals surface area contributed by atoms with E-state index in [9.17, 15) is 14.4 Å². The summed E-state index contributed by atoms with van der Waals surface area (Å²) >= 11 is 3.05. The van der Waals surface area contributed by atoms with E-state index in [-0.39, 0.29) is 24.1 Å². The number of benzene rings is 2. The van der Waals surface area contributed by atoms with Gasteiger partial charge in [-0.1, -0.05) is 36.0 Å². The summed E-state index contributed by atoms with van der Waals surface area (Å²) in [5.41, 5.74) is 2.96. The molecule has 0 saturated carbocycles. The average molecular weight is 427 g/mol. The van der Waals surface area contributed by atoms with Crippen LogP contribution in [0.25, 0.3) is 10.2 Å². The number of rotatable bonds is 6. The summed E-state index contributed by atoms with van der Waals surface area (Å²) in [5.74, 6) is -0.277. The number of ketones is 1. The van der Waals surface area contributed by atoms with Crippen molar-refractivity contribution in [1.82, 2.24) is 4.98 Å². The molecule has 1 aliphatic carbocycles. The predicted molar refractivity (Wildman–Crippen MR) is 114 cm³/mol. The first-order valence-corrected chi connectivity index (χ1v) is 10.9. The van der Waals surface area contributed by atoms with E-state index in [0.29, 0.717) is 23.6 Å². The van der Waals surface area contributed by atoms with Crippen LogP contribution < -0.4 is 5.32 Å². The minimum absolute atomic E-state index is 0.00841. The lowest BCUT2D eigenvalue weighted by atomic mass is 10.0. The van der Waals surface area contributed by atoms with Crippen LogP contribution in [0.15, 0.2) is 46.8 Å². The predicted octanol–water partition coefficient (Wildman–Crippen LogP) is 4.26. The Balaban J connectivity index is 1.44. The Hall–Kier alpha value is -2.71. The highest BCUT2D eigenvalue weighted by Crippen LogP contribution is 2.35. The minimum Gasteiger partial charge on any atom is -0.465 e. The molecule has 1 atom stereocenters. The number of aromatic nitrogens is 1. The summed E-state index contributed by atoms with van der Waals surface area (Å²) in [6.45, 7) is 1.73. The van der Waals surface area contributed by atoms with Crippen molar-refractivity contribution < 1.29 is 19.1 Å². The minimum atomic E-state index is -0.455. The molecule has 6 nitrogen and oxygen atoms in total. The molecule has 0 saturated heterocycles. The highest BCUT2D eigenvalue weighted by atomic mass is 32.2. The van der Waals surface area contributed by atoms with Crippen molar-refractivity contribution in [1.29, 1.82) is 0 Å². The zero-order valence-electron chi connectivity index (χ0n) is 15.6. The van der Waals surface area contributed by atoms with Crippen LogP contribution in [-0.2, 0) is 14.3 Å². The van der Waals surface area contributed by atoms with Crippen LogP contribution in [0.3, 0.4) is 0 Å². The largest absolute Gasteiger partial charge is 0.465 e. The second kappa shape index (κ2) is 8.34. The maximum atomic E-state index is 12.8. The molecular weight excluding hydrogens is 408 g/mol. The SMILES string of the molecule is CC(=O)OCCSc1nc2ccc(NC(=O)C3CC(=O)c4ccccc43)cc2s1. The van der Waals surface area contributed by atoms with Gasteiger partial charge >= 0.3 is 5.97 Å². The van der Waals surface area contributed by atoms with Crippen molar-refractivity contribution in [3.8, 4) is 0 Å². The van der Waals surface area contributed by atoms with E-state index in [4.69, 9.17) is 4.74 Å². The lowest BCUT2D eigenvalue weighted by Crippen LogP contribution is -2.19. The Bertz CT molecular complexity index is 1110. The van der Waals surface area contributed by atoms with Crippen molar-refractivity contribution in [3.05, 3.63) is 53.6 Å². The molecule has 1 N–H and O–H groups in total. The maximum absolute atomic E-state index is 12.8. The van der Waals surface area contributed by atoms with Gasteiger partial charge in [0.25, 0.3) is 0 Å². The molecule has 3 aromatic rings. The monoisotopic (exact) mass is 426 g/mol. The molecule has 1 amide bonds.